The van der Waals surface area contributed by atoms with E-state index in [1.54, 1.807) is 0 Å². The highest BCUT2D eigenvalue weighted by Crippen LogP contribution is 2.40. The van der Waals surface area contributed by atoms with Crippen molar-refractivity contribution in [1.29, 1.82) is 0 Å². The molecule has 0 saturated carbocycles. The van der Waals surface area contributed by atoms with Gasteiger partial charge in [0, 0.05) is 16.5 Å². The summed E-state index contributed by atoms with van der Waals surface area (Å²) in [4.78, 5) is -0.0791. The van der Waals surface area contributed by atoms with Crippen molar-refractivity contribution < 1.29 is 17.9 Å². The van der Waals surface area contributed by atoms with Crippen molar-refractivity contribution in [3.05, 3.63) is 35.0 Å². The van der Waals surface area contributed by atoms with Gasteiger partial charge in [0.25, 0.3) is 0 Å². The maximum Gasteiger partial charge on any atom is 0.200 e. The highest BCUT2D eigenvalue weighted by molar-refractivity contribution is 7.95. The van der Waals surface area contributed by atoms with Gasteiger partial charge in [0.1, 0.15) is 5.82 Å². The largest absolute Gasteiger partial charge is 0.386 e. The highest BCUT2D eigenvalue weighted by atomic mass is 32.2. The Morgan fingerprint density at radius 1 is 1.31 bits per heavy atom. The van der Waals surface area contributed by atoms with E-state index in [4.69, 9.17) is 0 Å². The van der Waals surface area contributed by atoms with E-state index in [9.17, 15) is 17.9 Å². The van der Waals surface area contributed by atoms with Gasteiger partial charge in [-0.25, -0.2) is 12.8 Å². The molecule has 1 aliphatic heterocycles. The van der Waals surface area contributed by atoms with E-state index in [1.165, 1.54) is 32.0 Å². The number of halogens is 1. The fourth-order valence-corrected chi connectivity index (χ4v) is 3.33. The number of rotatable bonds is 1. The molecule has 16 heavy (non-hydrogen) atoms. The van der Waals surface area contributed by atoms with E-state index < -0.39 is 21.3 Å². The van der Waals surface area contributed by atoms with Gasteiger partial charge in [-0.15, -0.1) is 0 Å². The number of hydrogen-bond acceptors (Lipinski definition) is 3. The predicted octanol–water partition coefficient (Wildman–Crippen LogP) is 1.72. The minimum atomic E-state index is -3.62. The molecule has 1 aliphatic rings. The average Bonchev–Trinajstić information content (AvgIpc) is 2.39. The van der Waals surface area contributed by atoms with E-state index in [0.29, 0.717) is 0 Å². The molecule has 0 aliphatic carbocycles. The summed E-state index contributed by atoms with van der Waals surface area (Å²) in [6.45, 7) is 2.85. The molecule has 1 heterocycles. The molecule has 86 valence electrons. The monoisotopic (exact) mass is 242 g/mol. The van der Waals surface area contributed by atoms with E-state index in [2.05, 4.69) is 0 Å². The topological polar surface area (TPSA) is 54.4 Å². The Kier molecular flexibility index (Phi) is 2.22. The molecule has 0 atom stereocenters. The molecule has 0 fully saturated rings. The van der Waals surface area contributed by atoms with Crippen LogP contribution in [0, 0.1) is 5.82 Å². The summed E-state index contributed by atoms with van der Waals surface area (Å²) in [6.07, 6.45) is 0. The molecule has 0 saturated heterocycles. The van der Waals surface area contributed by atoms with E-state index in [0.717, 1.165) is 5.41 Å². The molecule has 0 bridgehead atoms. The van der Waals surface area contributed by atoms with Crippen LogP contribution in [0.3, 0.4) is 0 Å². The van der Waals surface area contributed by atoms with Crippen LogP contribution in [0.5, 0.6) is 0 Å². The summed E-state index contributed by atoms with van der Waals surface area (Å²) in [5.41, 5.74) is -1.31. The summed E-state index contributed by atoms with van der Waals surface area (Å²) in [6, 6.07) is 3.86. The minimum absolute atomic E-state index is 0.0185. The molecule has 1 aromatic carbocycles. The number of sulfone groups is 1. The summed E-state index contributed by atoms with van der Waals surface area (Å²) >= 11 is 0. The van der Waals surface area contributed by atoms with Crippen LogP contribution in [-0.2, 0) is 9.84 Å². The first-order chi connectivity index (χ1) is 7.23. The van der Waals surface area contributed by atoms with Crippen LogP contribution in [0.25, 0.3) is 5.57 Å². The van der Waals surface area contributed by atoms with Crippen molar-refractivity contribution in [2.45, 2.75) is 24.3 Å². The molecule has 0 radical (unpaired) electrons. The van der Waals surface area contributed by atoms with Gasteiger partial charge in [0.2, 0.25) is 9.84 Å². The van der Waals surface area contributed by atoms with Gasteiger partial charge < -0.3 is 5.11 Å². The van der Waals surface area contributed by atoms with Gasteiger partial charge in [0.05, 0.1) is 10.5 Å². The Morgan fingerprint density at radius 2 is 1.94 bits per heavy atom. The molecule has 0 amide bonds. The third-order valence-electron chi connectivity index (χ3n) is 2.48. The van der Waals surface area contributed by atoms with Crippen LogP contribution in [0.2, 0.25) is 0 Å². The lowest BCUT2D eigenvalue weighted by molar-refractivity contribution is 0.143. The summed E-state index contributed by atoms with van der Waals surface area (Å²) < 4.78 is 37.0. The van der Waals surface area contributed by atoms with Gasteiger partial charge >= 0.3 is 0 Å². The van der Waals surface area contributed by atoms with E-state index >= 15 is 0 Å². The van der Waals surface area contributed by atoms with Crippen molar-refractivity contribution in [2.24, 2.45) is 0 Å². The molecule has 5 heteroatoms. The molecule has 0 spiro atoms. The third-order valence-corrected chi connectivity index (χ3v) is 3.98. The third kappa shape index (κ3) is 1.56. The number of benzene rings is 1. The Morgan fingerprint density at radius 3 is 2.50 bits per heavy atom. The van der Waals surface area contributed by atoms with Crippen molar-refractivity contribution in [2.75, 3.05) is 0 Å². The Hall–Kier alpha value is -1.20. The second-order valence-corrected chi connectivity index (χ2v) is 6.01. The Bertz CT molecular complexity index is 580. The number of aliphatic hydroxyl groups is 1. The first-order valence-corrected chi connectivity index (χ1v) is 6.26. The maximum absolute atomic E-state index is 13.6. The second-order valence-electron chi connectivity index (χ2n) is 4.25. The first-order valence-electron chi connectivity index (χ1n) is 4.72. The smallest absolute Gasteiger partial charge is 0.200 e. The molecular formula is C11H11FO3S. The van der Waals surface area contributed by atoms with Crippen molar-refractivity contribution in [3.63, 3.8) is 0 Å². The lowest BCUT2D eigenvalue weighted by atomic mass is 9.93. The van der Waals surface area contributed by atoms with Crippen LogP contribution in [0.15, 0.2) is 28.5 Å². The fraction of sp³-hybridized carbons (Fsp3) is 0.273. The molecule has 0 unspecified atom stereocenters. The summed E-state index contributed by atoms with van der Waals surface area (Å²) in [5.74, 6) is -0.632. The molecule has 3 nitrogen and oxygen atoms in total. The van der Waals surface area contributed by atoms with Crippen LogP contribution in [0.1, 0.15) is 19.4 Å². The van der Waals surface area contributed by atoms with Crippen LogP contribution in [0.4, 0.5) is 4.39 Å². The van der Waals surface area contributed by atoms with Gasteiger partial charge in [-0.3, -0.25) is 0 Å². The lowest BCUT2D eigenvalue weighted by Crippen LogP contribution is -2.20. The zero-order valence-electron chi connectivity index (χ0n) is 8.86. The van der Waals surface area contributed by atoms with Gasteiger partial charge in [-0.05, 0) is 26.0 Å². The molecule has 2 rings (SSSR count). The first kappa shape index (κ1) is 11.3. The standard InChI is InChI=1S/C11H11FO3S/c1-11(2,13)7-6-16(14,15)9-5-3-4-8(12)10(7)9/h3-6,13H,1-2H3. The molecule has 1 aromatic rings. The fourth-order valence-electron chi connectivity index (χ4n) is 1.73. The summed E-state index contributed by atoms with van der Waals surface area (Å²) in [5, 5.41) is 10.8. The molecule has 0 aromatic heterocycles. The van der Waals surface area contributed by atoms with Crippen molar-refractivity contribution in [3.8, 4) is 0 Å². The zero-order valence-corrected chi connectivity index (χ0v) is 9.68. The highest BCUT2D eigenvalue weighted by Gasteiger charge is 2.36. The molecular weight excluding hydrogens is 231 g/mol. The Labute approximate surface area is 93.1 Å². The lowest BCUT2D eigenvalue weighted by Gasteiger charge is -2.19. The number of fused-ring (bicyclic) bond motifs is 1. The number of hydrogen-bond donors (Lipinski definition) is 1. The van der Waals surface area contributed by atoms with Crippen LogP contribution >= 0.6 is 0 Å². The Balaban J connectivity index is 2.82. The van der Waals surface area contributed by atoms with E-state index in [1.807, 2.05) is 0 Å². The maximum atomic E-state index is 13.6. The van der Waals surface area contributed by atoms with Gasteiger partial charge in [-0.2, -0.15) is 0 Å². The normalized spacial score (nSPS) is 18.1. The quantitative estimate of drug-likeness (QED) is 0.815. The van der Waals surface area contributed by atoms with Gasteiger partial charge in [-0.1, -0.05) is 6.07 Å². The van der Waals surface area contributed by atoms with Crippen molar-refractivity contribution >= 4 is 15.4 Å². The van der Waals surface area contributed by atoms with E-state index in [-0.39, 0.29) is 16.0 Å². The predicted molar refractivity (Wildman–Crippen MR) is 57.9 cm³/mol. The SMILES string of the molecule is CC(C)(O)C1=CS(=O)(=O)c2cccc(F)c21. The molecule has 1 N–H and O–H groups in total. The van der Waals surface area contributed by atoms with Crippen LogP contribution in [-0.4, -0.2) is 19.1 Å². The average molecular weight is 242 g/mol. The van der Waals surface area contributed by atoms with Crippen LogP contribution < -0.4 is 0 Å². The van der Waals surface area contributed by atoms with Gasteiger partial charge in [0.15, 0.2) is 0 Å². The second kappa shape index (κ2) is 3.15. The minimum Gasteiger partial charge on any atom is -0.386 e. The van der Waals surface area contributed by atoms with Crippen molar-refractivity contribution in [1.82, 2.24) is 0 Å². The zero-order chi connectivity index (χ0) is 12.1. The summed E-state index contributed by atoms with van der Waals surface area (Å²) in [7, 11) is -3.62.